The molecule has 0 aromatic heterocycles. The first-order valence-electron chi connectivity index (χ1n) is 8.65. The van der Waals surface area contributed by atoms with Crippen molar-refractivity contribution < 1.29 is 0 Å². The van der Waals surface area contributed by atoms with Gasteiger partial charge in [-0.2, -0.15) is 0 Å². The van der Waals surface area contributed by atoms with Crippen LogP contribution in [0.25, 0.3) is 0 Å². The Bertz CT molecular complexity index is 484. The van der Waals surface area contributed by atoms with Gasteiger partial charge in [-0.05, 0) is 43.5 Å². The van der Waals surface area contributed by atoms with Crippen LogP contribution in [0.2, 0.25) is 0 Å². The highest BCUT2D eigenvalue weighted by Crippen LogP contribution is 2.12. The van der Waals surface area contributed by atoms with Crippen molar-refractivity contribution in [2.45, 2.75) is 45.2 Å². The zero-order chi connectivity index (χ0) is 16.5. The number of piperidine rings is 1. The maximum Gasteiger partial charge on any atom is 0.191 e. The van der Waals surface area contributed by atoms with E-state index >= 15 is 0 Å². The third kappa shape index (κ3) is 7.70. The number of hydrogen-bond acceptors (Lipinski definition) is 2. The fourth-order valence-electron chi connectivity index (χ4n) is 2.86. The molecule has 2 rings (SSSR count). The van der Waals surface area contributed by atoms with Gasteiger partial charge >= 0.3 is 0 Å². The summed E-state index contributed by atoms with van der Waals surface area (Å²) in [6.45, 7) is 6.69. The lowest BCUT2D eigenvalue weighted by Gasteiger charge is -2.33. The second-order valence-corrected chi connectivity index (χ2v) is 7.08. The van der Waals surface area contributed by atoms with Gasteiger partial charge in [-0.25, -0.2) is 0 Å². The summed E-state index contributed by atoms with van der Waals surface area (Å²) >= 11 is 3.46. The van der Waals surface area contributed by atoms with Crippen molar-refractivity contribution in [3.8, 4) is 0 Å². The van der Waals surface area contributed by atoms with Gasteiger partial charge < -0.3 is 15.5 Å². The smallest absolute Gasteiger partial charge is 0.191 e. The molecule has 1 saturated heterocycles. The van der Waals surface area contributed by atoms with Gasteiger partial charge in [0, 0.05) is 37.2 Å². The SMILES string of the molecule is CCCCN1CCC(NC(=NC)NCc2ccc(Br)cc2)CC1.I. The summed E-state index contributed by atoms with van der Waals surface area (Å²) in [5.74, 6) is 0.903. The van der Waals surface area contributed by atoms with Crippen molar-refractivity contribution >= 4 is 45.9 Å². The van der Waals surface area contributed by atoms with Gasteiger partial charge in [0.2, 0.25) is 0 Å². The highest BCUT2D eigenvalue weighted by atomic mass is 127. The lowest BCUT2D eigenvalue weighted by atomic mass is 10.0. The summed E-state index contributed by atoms with van der Waals surface area (Å²) in [6, 6.07) is 8.91. The molecule has 0 unspecified atom stereocenters. The number of likely N-dealkylation sites (tertiary alicyclic amines) is 1. The molecule has 0 saturated carbocycles. The Labute approximate surface area is 172 Å². The predicted molar refractivity (Wildman–Crippen MR) is 117 cm³/mol. The summed E-state index contributed by atoms with van der Waals surface area (Å²) in [7, 11) is 1.84. The minimum Gasteiger partial charge on any atom is -0.354 e. The standard InChI is InChI=1S/C18H29BrN4.HI/c1-3-4-11-23-12-9-17(10-13-23)22-18(20-2)21-14-15-5-7-16(19)8-6-15;/h5-8,17H,3-4,9-14H2,1-2H3,(H2,20,21,22);1H. The van der Waals surface area contributed by atoms with E-state index in [0.29, 0.717) is 6.04 Å². The summed E-state index contributed by atoms with van der Waals surface area (Å²) in [5, 5.41) is 6.97. The van der Waals surface area contributed by atoms with Crippen molar-refractivity contribution in [3.05, 3.63) is 34.3 Å². The Hall–Kier alpha value is -0.340. The maximum atomic E-state index is 4.35. The minimum absolute atomic E-state index is 0. The summed E-state index contributed by atoms with van der Waals surface area (Å²) in [6.07, 6.45) is 4.99. The molecule has 1 heterocycles. The number of rotatable bonds is 6. The number of unbranched alkanes of at least 4 members (excludes halogenated alkanes) is 1. The Morgan fingerprint density at radius 3 is 2.50 bits per heavy atom. The number of aliphatic imine (C=N–C) groups is 1. The molecule has 24 heavy (non-hydrogen) atoms. The molecule has 0 radical (unpaired) electrons. The van der Waals surface area contributed by atoms with Crippen molar-refractivity contribution in [1.82, 2.24) is 15.5 Å². The highest BCUT2D eigenvalue weighted by Gasteiger charge is 2.19. The molecule has 6 heteroatoms. The van der Waals surface area contributed by atoms with Gasteiger partial charge in [-0.3, -0.25) is 4.99 Å². The van der Waals surface area contributed by atoms with Crippen molar-refractivity contribution in [3.63, 3.8) is 0 Å². The van der Waals surface area contributed by atoms with Crippen molar-refractivity contribution in [2.75, 3.05) is 26.7 Å². The predicted octanol–water partition coefficient (Wildman–Crippen LogP) is 4.00. The number of nitrogens with one attached hydrogen (secondary N) is 2. The molecule has 1 fully saturated rings. The average molecular weight is 509 g/mol. The molecule has 0 amide bonds. The van der Waals surface area contributed by atoms with Gasteiger partial charge in [-0.1, -0.05) is 41.4 Å². The van der Waals surface area contributed by atoms with Gasteiger partial charge in [0.05, 0.1) is 0 Å². The number of benzene rings is 1. The van der Waals surface area contributed by atoms with Crippen molar-refractivity contribution in [1.29, 1.82) is 0 Å². The van der Waals surface area contributed by atoms with E-state index in [1.165, 1.54) is 50.9 Å². The van der Waals surface area contributed by atoms with Crippen LogP contribution in [0, 0.1) is 0 Å². The average Bonchev–Trinajstić information content (AvgIpc) is 2.59. The minimum atomic E-state index is 0. The fourth-order valence-corrected chi connectivity index (χ4v) is 3.12. The molecule has 0 bridgehead atoms. The van der Waals surface area contributed by atoms with Crippen LogP contribution in [0.5, 0.6) is 0 Å². The quantitative estimate of drug-likeness (QED) is 0.346. The molecule has 1 aliphatic rings. The van der Waals surface area contributed by atoms with Gasteiger partial charge in [-0.15, -0.1) is 24.0 Å². The lowest BCUT2D eigenvalue weighted by molar-refractivity contribution is 0.203. The molecule has 0 aliphatic carbocycles. The number of nitrogens with zero attached hydrogens (tertiary/aromatic N) is 2. The molecule has 0 spiro atoms. The largest absolute Gasteiger partial charge is 0.354 e. The first kappa shape index (κ1) is 21.7. The van der Waals surface area contributed by atoms with E-state index in [2.05, 4.69) is 67.6 Å². The van der Waals surface area contributed by atoms with E-state index < -0.39 is 0 Å². The second-order valence-electron chi connectivity index (χ2n) is 6.17. The highest BCUT2D eigenvalue weighted by molar-refractivity contribution is 14.0. The monoisotopic (exact) mass is 508 g/mol. The Morgan fingerprint density at radius 2 is 1.92 bits per heavy atom. The molecule has 136 valence electrons. The third-order valence-electron chi connectivity index (χ3n) is 4.35. The summed E-state index contributed by atoms with van der Waals surface area (Å²) in [5.41, 5.74) is 1.26. The number of hydrogen-bond donors (Lipinski definition) is 2. The fraction of sp³-hybridized carbons (Fsp3) is 0.611. The summed E-state index contributed by atoms with van der Waals surface area (Å²) in [4.78, 5) is 6.94. The Balaban J connectivity index is 0.00000288. The first-order chi connectivity index (χ1) is 11.2. The lowest BCUT2D eigenvalue weighted by Crippen LogP contribution is -2.48. The summed E-state index contributed by atoms with van der Waals surface area (Å²) < 4.78 is 1.11. The maximum absolute atomic E-state index is 4.35. The topological polar surface area (TPSA) is 39.7 Å². The van der Waals surface area contributed by atoms with Crippen LogP contribution in [-0.4, -0.2) is 43.6 Å². The van der Waals surface area contributed by atoms with E-state index in [1.807, 2.05) is 7.05 Å². The Morgan fingerprint density at radius 1 is 1.25 bits per heavy atom. The molecular formula is C18H30BrIN4. The second kappa shape index (κ2) is 12.1. The van der Waals surface area contributed by atoms with Crippen LogP contribution in [0.15, 0.2) is 33.7 Å². The molecule has 4 nitrogen and oxygen atoms in total. The van der Waals surface area contributed by atoms with Crippen LogP contribution in [-0.2, 0) is 6.54 Å². The van der Waals surface area contributed by atoms with Gasteiger partial charge in [0.1, 0.15) is 0 Å². The molecular weight excluding hydrogens is 479 g/mol. The van der Waals surface area contributed by atoms with Crippen LogP contribution >= 0.6 is 39.9 Å². The first-order valence-corrected chi connectivity index (χ1v) is 9.44. The molecule has 1 aliphatic heterocycles. The van der Waals surface area contributed by atoms with E-state index in [0.717, 1.165) is 17.0 Å². The van der Waals surface area contributed by atoms with Crippen LogP contribution in [0.3, 0.4) is 0 Å². The van der Waals surface area contributed by atoms with Gasteiger partial charge in [0.15, 0.2) is 5.96 Å². The Kier molecular flexibility index (Phi) is 10.9. The molecule has 1 aromatic rings. The zero-order valence-electron chi connectivity index (χ0n) is 14.7. The van der Waals surface area contributed by atoms with Crippen LogP contribution < -0.4 is 10.6 Å². The zero-order valence-corrected chi connectivity index (χ0v) is 18.6. The van der Waals surface area contributed by atoms with Crippen molar-refractivity contribution in [2.24, 2.45) is 4.99 Å². The normalized spacial score (nSPS) is 16.5. The van der Waals surface area contributed by atoms with Crippen LogP contribution in [0.1, 0.15) is 38.2 Å². The van der Waals surface area contributed by atoms with E-state index in [9.17, 15) is 0 Å². The number of halogens is 2. The van der Waals surface area contributed by atoms with E-state index in [1.54, 1.807) is 0 Å². The third-order valence-corrected chi connectivity index (χ3v) is 4.88. The molecule has 2 N–H and O–H groups in total. The number of guanidine groups is 1. The van der Waals surface area contributed by atoms with Gasteiger partial charge in [0.25, 0.3) is 0 Å². The molecule has 0 atom stereocenters. The molecule has 1 aromatic carbocycles. The van der Waals surface area contributed by atoms with Crippen LogP contribution in [0.4, 0.5) is 0 Å². The van der Waals surface area contributed by atoms with E-state index in [-0.39, 0.29) is 24.0 Å². The van der Waals surface area contributed by atoms with E-state index in [4.69, 9.17) is 0 Å².